The second-order valence-electron chi connectivity index (χ2n) is 3.74. The van der Waals surface area contributed by atoms with Crippen LogP contribution in [0.5, 0.6) is 0 Å². The van der Waals surface area contributed by atoms with E-state index in [1.165, 1.54) is 0 Å². The smallest absolute Gasteiger partial charge is 0.227 e. The van der Waals surface area contributed by atoms with Gasteiger partial charge in [0.25, 0.3) is 0 Å². The van der Waals surface area contributed by atoms with Crippen LogP contribution < -0.4 is 4.90 Å². The molecule has 0 aromatic heterocycles. The maximum atomic E-state index is 11.6. The maximum absolute atomic E-state index is 11.6. The second-order valence-corrected chi connectivity index (χ2v) is 4.17. The van der Waals surface area contributed by atoms with Gasteiger partial charge < -0.3 is 10.0 Å². The van der Waals surface area contributed by atoms with E-state index < -0.39 is 0 Å². The third-order valence-electron chi connectivity index (χ3n) is 2.58. The largest absolute Gasteiger partial charge is 0.396 e. The van der Waals surface area contributed by atoms with Gasteiger partial charge in [-0.05, 0) is 18.2 Å². The quantitative estimate of drug-likeness (QED) is 0.832. The molecule has 1 aliphatic heterocycles. The van der Waals surface area contributed by atoms with Crippen molar-refractivity contribution in [2.75, 3.05) is 18.1 Å². The van der Waals surface area contributed by atoms with Crippen LogP contribution in [0.25, 0.3) is 0 Å². The van der Waals surface area contributed by atoms with Gasteiger partial charge in [-0.25, -0.2) is 0 Å². The van der Waals surface area contributed by atoms with Gasteiger partial charge in [-0.3, -0.25) is 4.79 Å². The minimum Gasteiger partial charge on any atom is -0.396 e. The summed E-state index contributed by atoms with van der Waals surface area (Å²) in [5.41, 5.74) is 0.809. The van der Waals surface area contributed by atoms with E-state index in [0.717, 1.165) is 5.69 Å². The third-order valence-corrected chi connectivity index (χ3v) is 2.82. The number of hydrogen-bond donors (Lipinski definition) is 1. The molecule has 1 aromatic rings. The van der Waals surface area contributed by atoms with Crippen molar-refractivity contribution < 1.29 is 9.90 Å². The van der Waals surface area contributed by atoms with Crippen molar-refractivity contribution in [2.24, 2.45) is 5.92 Å². The molecule has 1 aromatic carbocycles. The third kappa shape index (κ3) is 2.13. The number of aliphatic hydroxyl groups excluding tert-OH is 1. The number of aliphatic hydroxyl groups is 1. The molecular weight excluding hydrogens is 214 g/mol. The topological polar surface area (TPSA) is 40.5 Å². The lowest BCUT2D eigenvalue weighted by molar-refractivity contribution is -0.117. The second kappa shape index (κ2) is 4.21. The monoisotopic (exact) mass is 225 g/mol. The van der Waals surface area contributed by atoms with Crippen LogP contribution in [0.2, 0.25) is 5.02 Å². The highest BCUT2D eigenvalue weighted by Crippen LogP contribution is 2.26. The fourth-order valence-electron chi connectivity index (χ4n) is 1.80. The molecule has 0 aliphatic carbocycles. The van der Waals surface area contributed by atoms with Gasteiger partial charge in [0.1, 0.15) is 0 Å². The molecule has 1 saturated heterocycles. The molecule has 1 aliphatic rings. The summed E-state index contributed by atoms with van der Waals surface area (Å²) < 4.78 is 0. The maximum Gasteiger partial charge on any atom is 0.227 e. The fourth-order valence-corrected chi connectivity index (χ4v) is 1.98. The Hall–Kier alpha value is -1.06. The standard InChI is InChI=1S/C11H12ClNO2/c12-9-2-1-3-10(5-9)13-6-8(7-14)4-11(13)15/h1-3,5,8,14H,4,6-7H2. The molecule has 1 unspecified atom stereocenters. The molecule has 0 spiro atoms. The van der Waals surface area contributed by atoms with Crippen LogP contribution in [0.1, 0.15) is 6.42 Å². The number of amides is 1. The van der Waals surface area contributed by atoms with Gasteiger partial charge in [0.15, 0.2) is 0 Å². The van der Waals surface area contributed by atoms with Crippen molar-refractivity contribution in [3.63, 3.8) is 0 Å². The number of halogens is 1. The van der Waals surface area contributed by atoms with E-state index in [2.05, 4.69) is 0 Å². The summed E-state index contributed by atoms with van der Waals surface area (Å²) in [6.07, 6.45) is 0.420. The van der Waals surface area contributed by atoms with E-state index in [0.29, 0.717) is 18.0 Å². The van der Waals surface area contributed by atoms with Crippen LogP contribution in [-0.4, -0.2) is 24.2 Å². The highest BCUT2D eigenvalue weighted by atomic mass is 35.5. The van der Waals surface area contributed by atoms with E-state index >= 15 is 0 Å². The summed E-state index contributed by atoms with van der Waals surface area (Å²) in [6, 6.07) is 7.20. The van der Waals surface area contributed by atoms with Crippen LogP contribution in [0.15, 0.2) is 24.3 Å². The first-order valence-corrected chi connectivity index (χ1v) is 5.25. The Morgan fingerprint density at radius 3 is 2.93 bits per heavy atom. The highest BCUT2D eigenvalue weighted by molar-refractivity contribution is 6.30. The van der Waals surface area contributed by atoms with E-state index in [9.17, 15) is 4.79 Å². The Morgan fingerprint density at radius 2 is 2.33 bits per heavy atom. The van der Waals surface area contributed by atoms with Crippen LogP contribution in [0.4, 0.5) is 5.69 Å². The molecule has 2 rings (SSSR count). The first-order valence-electron chi connectivity index (χ1n) is 4.87. The van der Waals surface area contributed by atoms with Gasteiger partial charge in [0.2, 0.25) is 5.91 Å². The zero-order valence-corrected chi connectivity index (χ0v) is 8.94. The minimum atomic E-state index is 0.0521. The van der Waals surface area contributed by atoms with Gasteiger partial charge in [-0.15, -0.1) is 0 Å². The van der Waals surface area contributed by atoms with Crippen molar-refractivity contribution in [2.45, 2.75) is 6.42 Å². The summed E-state index contributed by atoms with van der Waals surface area (Å²) in [6.45, 7) is 0.637. The van der Waals surface area contributed by atoms with Crippen LogP contribution >= 0.6 is 11.6 Å². The molecule has 1 amide bonds. The SMILES string of the molecule is O=C1CC(CO)CN1c1cccc(Cl)c1. The van der Waals surface area contributed by atoms with Crippen molar-refractivity contribution in [1.29, 1.82) is 0 Å². The van der Waals surface area contributed by atoms with Gasteiger partial charge >= 0.3 is 0 Å². The molecule has 1 N–H and O–H groups in total. The summed E-state index contributed by atoms with van der Waals surface area (Å²) in [7, 11) is 0. The van der Waals surface area contributed by atoms with Crippen LogP contribution in [0.3, 0.4) is 0 Å². The zero-order chi connectivity index (χ0) is 10.8. The van der Waals surface area contributed by atoms with Crippen molar-refractivity contribution >= 4 is 23.2 Å². The van der Waals surface area contributed by atoms with E-state index in [1.807, 2.05) is 12.1 Å². The molecule has 0 saturated carbocycles. The van der Waals surface area contributed by atoms with Crippen molar-refractivity contribution in [1.82, 2.24) is 0 Å². The summed E-state index contributed by atoms with van der Waals surface area (Å²) in [4.78, 5) is 13.3. The first kappa shape index (κ1) is 10.5. The Labute approximate surface area is 93.3 Å². The number of benzene rings is 1. The summed E-state index contributed by atoms with van der Waals surface area (Å²) in [5.74, 6) is 0.104. The van der Waals surface area contributed by atoms with E-state index in [-0.39, 0.29) is 18.4 Å². The average molecular weight is 226 g/mol. The molecule has 15 heavy (non-hydrogen) atoms. The summed E-state index contributed by atoms with van der Waals surface area (Å²) >= 11 is 5.85. The molecule has 4 heteroatoms. The van der Waals surface area contributed by atoms with Gasteiger partial charge in [0.05, 0.1) is 0 Å². The van der Waals surface area contributed by atoms with Gasteiger partial charge in [-0.1, -0.05) is 17.7 Å². The lowest BCUT2D eigenvalue weighted by atomic mass is 10.1. The number of carbonyl (C=O) groups excluding carboxylic acids is 1. The number of hydrogen-bond acceptors (Lipinski definition) is 2. The normalized spacial score (nSPS) is 21.1. The van der Waals surface area contributed by atoms with Crippen LogP contribution in [-0.2, 0) is 4.79 Å². The molecule has 0 bridgehead atoms. The fraction of sp³-hybridized carbons (Fsp3) is 0.364. The summed E-state index contributed by atoms with van der Waals surface area (Å²) in [5, 5.41) is 9.62. The average Bonchev–Trinajstić information content (AvgIpc) is 2.60. The Kier molecular flexibility index (Phi) is 2.93. The lowest BCUT2D eigenvalue weighted by Crippen LogP contribution is -2.24. The number of carbonyl (C=O) groups is 1. The number of anilines is 1. The Morgan fingerprint density at radius 1 is 1.53 bits per heavy atom. The Balaban J connectivity index is 2.21. The predicted octanol–water partition coefficient (Wildman–Crippen LogP) is 1.69. The molecule has 1 atom stereocenters. The zero-order valence-electron chi connectivity index (χ0n) is 8.19. The molecule has 80 valence electrons. The molecule has 1 heterocycles. The van der Waals surface area contributed by atoms with Crippen LogP contribution in [0, 0.1) is 5.92 Å². The molecule has 0 radical (unpaired) electrons. The van der Waals surface area contributed by atoms with Crippen molar-refractivity contribution in [3.05, 3.63) is 29.3 Å². The van der Waals surface area contributed by atoms with E-state index in [4.69, 9.17) is 16.7 Å². The lowest BCUT2D eigenvalue weighted by Gasteiger charge is -2.16. The Bertz CT molecular complexity index is 381. The number of nitrogens with zero attached hydrogens (tertiary/aromatic N) is 1. The van der Waals surface area contributed by atoms with Gasteiger partial charge in [0, 0.05) is 36.2 Å². The van der Waals surface area contributed by atoms with E-state index in [1.54, 1.807) is 17.0 Å². The minimum absolute atomic E-state index is 0.0521. The molecular formula is C11H12ClNO2. The highest BCUT2D eigenvalue weighted by Gasteiger charge is 2.29. The first-order chi connectivity index (χ1) is 7.20. The molecule has 3 nitrogen and oxygen atoms in total. The van der Waals surface area contributed by atoms with Gasteiger partial charge in [-0.2, -0.15) is 0 Å². The number of rotatable bonds is 2. The molecule has 1 fully saturated rings. The predicted molar refractivity (Wildman–Crippen MR) is 59.0 cm³/mol. The van der Waals surface area contributed by atoms with Crippen molar-refractivity contribution in [3.8, 4) is 0 Å².